The zero-order valence-corrected chi connectivity index (χ0v) is 17.8. The number of carbonyl (C=O) groups is 1. The number of carbonyl (C=O) groups excluding carboxylic acids is 1. The second-order valence-corrected chi connectivity index (χ2v) is 8.78. The highest BCUT2D eigenvalue weighted by molar-refractivity contribution is 7.17. The number of nitrogens with zero attached hydrogens (tertiary/aromatic N) is 3. The van der Waals surface area contributed by atoms with Crippen molar-refractivity contribution in [2.45, 2.75) is 52.6 Å². The van der Waals surface area contributed by atoms with E-state index in [9.17, 15) is 14.4 Å². The van der Waals surface area contributed by atoms with Crippen molar-refractivity contribution < 1.29 is 4.79 Å². The van der Waals surface area contributed by atoms with E-state index in [0.29, 0.717) is 15.9 Å². The molecule has 6 nitrogen and oxygen atoms in total. The first-order chi connectivity index (χ1) is 13.9. The number of fused-ring (bicyclic) bond motifs is 1. The molecule has 0 saturated carbocycles. The highest BCUT2D eigenvalue weighted by Gasteiger charge is 2.25. The van der Waals surface area contributed by atoms with Gasteiger partial charge in [-0.2, -0.15) is 0 Å². The number of aryl methyl sites for hydroxylation is 2. The van der Waals surface area contributed by atoms with Gasteiger partial charge in [0.25, 0.3) is 5.56 Å². The fourth-order valence-corrected chi connectivity index (χ4v) is 4.93. The predicted molar refractivity (Wildman–Crippen MR) is 116 cm³/mol. The third-order valence-corrected chi connectivity index (χ3v) is 6.67. The van der Waals surface area contributed by atoms with Crippen molar-refractivity contribution in [3.05, 3.63) is 61.6 Å². The quantitative estimate of drug-likeness (QED) is 0.665. The Morgan fingerprint density at radius 1 is 1.17 bits per heavy atom. The van der Waals surface area contributed by atoms with Crippen molar-refractivity contribution in [1.82, 2.24) is 14.0 Å². The molecule has 29 heavy (non-hydrogen) atoms. The molecule has 0 aliphatic carbocycles. The Balaban J connectivity index is 1.88. The molecule has 0 radical (unpaired) electrons. The average molecular weight is 412 g/mol. The van der Waals surface area contributed by atoms with Gasteiger partial charge in [-0.05, 0) is 68.7 Å². The summed E-state index contributed by atoms with van der Waals surface area (Å²) in [5.41, 5.74) is 2.12. The fraction of sp³-hybridized carbons (Fsp3) is 0.409. The SMILES string of the molecule is Cc1ccc(C)c(-n2c(=O)c3sccc3n(CC(=O)N3CCCC[C@@H]3C)c2=O)c1. The normalized spacial score (nSPS) is 17.1. The minimum atomic E-state index is -0.465. The first kappa shape index (κ1) is 19.6. The Labute approximate surface area is 173 Å². The number of benzene rings is 1. The van der Waals surface area contributed by atoms with Gasteiger partial charge in [0.2, 0.25) is 5.91 Å². The van der Waals surface area contributed by atoms with E-state index < -0.39 is 5.69 Å². The molecule has 1 aromatic carbocycles. The van der Waals surface area contributed by atoms with E-state index in [1.807, 2.05) is 36.9 Å². The minimum absolute atomic E-state index is 0.0540. The third kappa shape index (κ3) is 3.44. The number of hydrogen-bond acceptors (Lipinski definition) is 4. The highest BCUT2D eigenvalue weighted by Crippen LogP contribution is 2.20. The number of amides is 1. The van der Waals surface area contributed by atoms with Gasteiger partial charge in [0.1, 0.15) is 11.2 Å². The monoisotopic (exact) mass is 411 g/mol. The maximum atomic E-state index is 13.4. The molecular formula is C22H25N3O3S. The number of hydrogen-bond donors (Lipinski definition) is 0. The van der Waals surface area contributed by atoms with E-state index in [1.54, 1.807) is 11.4 Å². The van der Waals surface area contributed by atoms with E-state index in [1.165, 1.54) is 20.5 Å². The van der Waals surface area contributed by atoms with Gasteiger partial charge in [-0.3, -0.25) is 14.2 Å². The van der Waals surface area contributed by atoms with E-state index in [-0.39, 0.29) is 24.1 Å². The molecule has 3 heterocycles. The van der Waals surface area contributed by atoms with E-state index >= 15 is 0 Å². The Morgan fingerprint density at radius 2 is 1.97 bits per heavy atom. The molecule has 3 aromatic rings. The number of likely N-dealkylation sites (tertiary alicyclic amines) is 1. The second-order valence-electron chi connectivity index (χ2n) is 7.87. The van der Waals surface area contributed by atoms with Crippen molar-refractivity contribution in [2.24, 2.45) is 0 Å². The number of piperidine rings is 1. The van der Waals surface area contributed by atoms with Crippen LogP contribution in [-0.4, -0.2) is 32.5 Å². The Hall–Kier alpha value is -2.67. The highest BCUT2D eigenvalue weighted by atomic mass is 32.1. The van der Waals surface area contributed by atoms with Crippen molar-refractivity contribution in [3.63, 3.8) is 0 Å². The Bertz CT molecular complexity index is 1200. The predicted octanol–water partition coefficient (Wildman–Crippen LogP) is 3.23. The molecule has 4 rings (SSSR count). The van der Waals surface area contributed by atoms with E-state index in [4.69, 9.17) is 0 Å². The van der Waals surface area contributed by atoms with Crippen molar-refractivity contribution >= 4 is 27.5 Å². The molecule has 152 valence electrons. The van der Waals surface area contributed by atoms with Gasteiger partial charge in [-0.15, -0.1) is 11.3 Å². The molecule has 0 unspecified atom stereocenters. The van der Waals surface area contributed by atoms with E-state index in [2.05, 4.69) is 6.92 Å². The molecule has 1 aliphatic rings. The first-order valence-electron chi connectivity index (χ1n) is 9.98. The van der Waals surface area contributed by atoms with Crippen LogP contribution in [0.5, 0.6) is 0 Å². The van der Waals surface area contributed by atoms with Gasteiger partial charge in [0.05, 0.1) is 11.2 Å². The summed E-state index contributed by atoms with van der Waals surface area (Å²) in [6.45, 7) is 6.53. The molecule has 0 N–H and O–H groups in total. The maximum Gasteiger partial charge on any atom is 0.336 e. The molecule has 1 fully saturated rings. The van der Waals surface area contributed by atoms with Gasteiger partial charge >= 0.3 is 5.69 Å². The van der Waals surface area contributed by atoms with Gasteiger partial charge in [-0.1, -0.05) is 12.1 Å². The van der Waals surface area contributed by atoms with Gasteiger partial charge in [0, 0.05) is 12.6 Å². The van der Waals surface area contributed by atoms with Gasteiger partial charge in [-0.25, -0.2) is 9.36 Å². The Kier molecular flexibility index (Phi) is 5.17. The van der Waals surface area contributed by atoms with Crippen LogP contribution in [0, 0.1) is 13.8 Å². The van der Waals surface area contributed by atoms with Crippen LogP contribution < -0.4 is 11.2 Å². The number of rotatable bonds is 3. The summed E-state index contributed by atoms with van der Waals surface area (Å²) in [4.78, 5) is 41.5. The summed E-state index contributed by atoms with van der Waals surface area (Å²) in [6.07, 6.45) is 3.09. The van der Waals surface area contributed by atoms with Crippen molar-refractivity contribution in [3.8, 4) is 5.69 Å². The summed E-state index contributed by atoms with van der Waals surface area (Å²) in [7, 11) is 0. The lowest BCUT2D eigenvalue weighted by atomic mass is 10.0. The number of aromatic nitrogens is 2. The standard InChI is InChI=1S/C22H25N3O3S/c1-14-7-8-15(2)18(12-14)25-21(27)20-17(9-11-29-20)24(22(25)28)13-19(26)23-10-5-4-6-16(23)3/h7-9,11-12,16H,4-6,10,13H2,1-3H3/t16-/m0/s1. The summed E-state index contributed by atoms with van der Waals surface area (Å²) in [6, 6.07) is 7.63. The topological polar surface area (TPSA) is 64.3 Å². The fourth-order valence-electron chi connectivity index (χ4n) is 4.11. The average Bonchev–Trinajstić information content (AvgIpc) is 3.18. The lowest BCUT2D eigenvalue weighted by Gasteiger charge is -2.33. The Morgan fingerprint density at radius 3 is 2.72 bits per heavy atom. The lowest BCUT2D eigenvalue weighted by Crippen LogP contribution is -2.46. The van der Waals surface area contributed by atoms with Crippen molar-refractivity contribution in [2.75, 3.05) is 6.54 Å². The molecule has 1 amide bonds. The zero-order valence-electron chi connectivity index (χ0n) is 17.0. The summed E-state index contributed by atoms with van der Waals surface area (Å²) < 4.78 is 3.16. The largest absolute Gasteiger partial charge is 0.338 e. The first-order valence-corrected chi connectivity index (χ1v) is 10.9. The smallest absolute Gasteiger partial charge is 0.336 e. The molecule has 7 heteroatoms. The third-order valence-electron chi connectivity index (χ3n) is 5.78. The van der Waals surface area contributed by atoms with Crippen molar-refractivity contribution in [1.29, 1.82) is 0 Å². The molecule has 1 aliphatic heterocycles. The minimum Gasteiger partial charge on any atom is -0.338 e. The molecule has 0 spiro atoms. The number of thiophene rings is 1. The van der Waals surface area contributed by atoms with Crippen LogP contribution in [0.1, 0.15) is 37.3 Å². The van der Waals surface area contributed by atoms with Crippen LogP contribution in [0.4, 0.5) is 0 Å². The second kappa shape index (κ2) is 7.63. The van der Waals surface area contributed by atoms with Crippen LogP contribution in [-0.2, 0) is 11.3 Å². The van der Waals surface area contributed by atoms with Gasteiger partial charge < -0.3 is 4.90 Å². The molecule has 0 bridgehead atoms. The van der Waals surface area contributed by atoms with E-state index in [0.717, 1.165) is 36.9 Å². The van der Waals surface area contributed by atoms with Crippen LogP contribution in [0.25, 0.3) is 15.9 Å². The molecular weight excluding hydrogens is 386 g/mol. The van der Waals surface area contributed by atoms with Crippen LogP contribution >= 0.6 is 11.3 Å². The zero-order chi connectivity index (χ0) is 20.7. The molecule has 2 aromatic heterocycles. The maximum absolute atomic E-state index is 13.4. The molecule has 1 saturated heterocycles. The van der Waals surface area contributed by atoms with Crippen LogP contribution in [0.15, 0.2) is 39.2 Å². The van der Waals surface area contributed by atoms with Crippen LogP contribution in [0.2, 0.25) is 0 Å². The lowest BCUT2D eigenvalue weighted by molar-refractivity contribution is -0.135. The summed E-state index contributed by atoms with van der Waals surface area (Å²) in [5, 5.41) is 1.80. The summed E-state index contributed by atoms with van der Waals surface area (Å²) >= 11 is 1.30. The summed E-state index contributed by atoms with van der Waals surface area (Å²) in [5.74, 6) is -0.0713. The molecule has 1 atom stereocenters. The van der Waals surface area contributed by atoms with Gasteiger partial charge in [0.15, 0.2) is 0 Å². The van der Waals surface area contributed by atoms with Crippen LogP contribution in [0.3, 0.4) is 0 Å².